The predicted molar refractivity (Wildman–Crippen MR) is 97.9 cm³/mol. The molecule has 5 heteroatoms. The highest BCUT2D eigenvalue weighted by molar-refractivity contribution is 5.96. The van der Waals surface area contributed by atoms with Crippen LogP contribution in [0.2, 0.25) is 0 Å². The number of nitrogens with zero attached hydrogens (tertiary/aromatic N) is 3. The fourth-order valence-corrected chi connectivity index (χ4v) is 3.53. The minimum Gasteiger partial charge on any atom is -0.372 e. The zero-order valence-electron chi connectivity index (χ0n) is 15.7. The second-order valence-corrected chi connectivity index (χ2v) is 7.16. The van der Waals surface area contributed by atoms with Crippen molar-refractivity contribution in [2.24, 2.45) is 0 Å². The molecule has 2 atom stereocenters. The first-order chi connectivity index (χ1) is 11.8. The number of rotatable bonds is 3. The van der Waals surface area contributed by atoms with Crippen molar-refractivity contribution in [1.29, 1.82) is 0 Å². The SMILES string of the molecule is Cc1ccc(Cn2nc(C)c(C(=O)N3C[C@@H](C)O[C@H](C)C3)c2C)cc1. The van der Waals surface area contributed by atoms with E-state index >= 15 is 0 Å². The molecule has 0 bridgehead atoms. The molecule has 25 heavy (non-hydrogen) atoms. The number of carbonyl (C=O) groups excluding carboxylic acids is 1. The Morgan fingerprint density at radius 3 is 2.32 bits per heavy atom. The lowest BCUT2D eigenvalue weighted by atomic mass is 10.1. The Morgan fingerprint density at radius 2 is 1.72 bits per heavy atom. The Morgan fingerprint density at radius 1 is 1.12 bits per heavy atom. The largest absolute Gasteiger partial charge is 0.372 e. The number of amides is 1. The molecule has 0 aliphatic carbocycles. The Bertz CT molecular complexity index is 754. The van der Waals surface area contributed by atoms with E-state index in [-0.39, 0.29) is 18.1 Å². The zero-order chi connectivity index (χ0) is 18.1. The minimum atomic E-state index is 0.0622. The fraction of sp³-hybridized carbons (Fsp3) is 0.500. The monoisotopic (exact) mass is 341 g/mol. The summed E-state index contributed by atoms with van der Waals surface area (Å²) in [6.45, 7) is 11.9. The van der Waals surface area contributed by atoms with E-state index < -0.39 is 0 Å². The first-order valence-corrected chi connectivity index (χ1v) is 8.89. The van der Waals surface area contributed by atoms with Crippen LogP contribution < -0.4 is 0 Å². The summed E-state index contributed by atoms with van der Waals surface area (Å²) in [5, 5.41) is 4.62. The normalized spacial score (nSPS) is 20.8. The van der Waals surface area contributed by atoms with Gasteiger partial charge in [0.1, 0.15) is 0 Å². The van der Waals surface area contributed by atoms with Crippen molar-refractivity contribution in [3.63, 3.8) is 0 Å². The molecule has 3 rings (SSSR count). The van der Waals surface area contributed by atoms with E-state index in [0.717, 1.165) is 17.0 Å². The number of aromatic nitrogens is 2. The van der Waals surface area contributed by atoms with Gasteiger partial charge in [-0.3, -0.25) is 9.48 Å². The van der Waals surface area contributed by atoms with Gasteiger partial charge < -0.3 is 9.64 Å². The predicted octanol–water partition coefficient (Wildman–Crippen LogP) is 3.11. The van der Waals surface area contributed by atoms with Crippen molar-refractivity contribution in [2.75, 3.05) is 13.1 Å². The summed E-state index contributed by atoms with van der Waals surface area (Å²) in [6, 6.07) is 8.42. The van der Waals surface area contributed by atoms with Crippen LogP contribution in [0.4, 0.5) is 0 Å². The number of morpholine rings is 1. The third-order valence-corrected chi connectivity index (χ3v) is 4.76. The van der Waals surface area contributed by atoms with Gasteiger partial charge in [-0.1, -0.05) is 29.8 Å². The number of ether oxygens (including phenoxy) is 1. The quantitative estimate of drug-likeness (QED) is 0.862. The molecule has 0 unspecified atom stereocenters. The van der Waals surface area contributed by atoms with E-state index in [1.165, 1.54) is 11.1 Å². The van der Waals surface area contributed by atoms with Gasteiger partial charge in [-0.25, -0.2) is 0 Å². The highest BCUT2D eigenvalue weighted by Crippen LogP contribution is 2.20. The maximum Gasteiger partial charge on any atom is 0.257 e. The maximum atomic E-state index is 13.1. The molecule has 5 nitrogen and oxygen atoms in total. The van der Waals surface area contributed by atoms with Gasteiger partial charge in [-0.05, 0) is 40.2 Å². The molecule has 2 heterocycles. The molecule has 0 radical (unpaired) electrons. The standard InChI is InChI=1S/C20H27N3O2/c1-13-6-8-18(9-7-13)12-23-17(5)19(16(4)21-23)20(24)22-10-14(2)25-15(3)11-22/h6-9,14-15H,10-12H2,1-5H3/t14-,15-/m1/s1. The van der Waals surface area contributed by atoms with Gasteiger partial charge in [-0.15, -0.1) is 0 Å². The highest BCUT2D eigenvalue weighted by atomic mass is 16.5. The van der Waals surface area contributed by atoms with Gasteiger partial charge >= 0.3 is 0 Å². The van der Waals surface area contributed by atoms with Gasteiger partial charge in [-0.2, -0.15) is 5.10 Å². The zero-order valence-corrected chi connectivity index (χ0v) is 15.7. The van der Waals surface area contributed by atoms with E-state index in [0.29, 0.717) is 19.6 Å². The molecule has 1 aliphatic rings. The third kappa shape index (κ3) is 3.76. The Labute approximate surface area is 149 Å². The molecule has 1 aromatic carbocycles. The van der Waals surface area contributed by atoms with Crippen molar-refractivity contribution in [3.8, 4) is 0 Å². The Kier molecular flexibility index (Phi) is 4.95. The number of hydrogen-bond donors (Lipinski definition) is 0. The molecule has 1 aliphatic heterocycles. The number of aryl methyl sites for hydroxylation is 2. The lowest BCUT2D eigenvalue weighted by Crippen LogP contribution is -2.48. The van der Waals surface area contributed by atoms with Crippen LogP contribution in [0.1, 0.15) is 46.7 Å². The van der Waals surface area contributed by atoms with Crippen LogP contribution in [0, 0.1) is 20.8 Å². The summed E-state index contributed by atoms with van der Waals surface area (Å²) in [7, 11) is 0. The van der Waals surface area contributed by atoms with Crippen molar-refractivity contribution in [2.45, 2.75) is 53.4 Å². The molecule has 1 fully saturated rings. The van der Waals surface area contributed by atoms with Crippen molar-refractivity contribution < 1.29 is 9.53 Å². The second kappa shape index (κ2) is 7.00. The molecule has 2 aromatic rings. The van der Waals surface area contributed by atoms with Gasteiger partial charge in [0.05, 0.1) is 30.0 Å². The third-order valence-electron chi connectivity index (χ3n) is 4.76. The van der Waals surface area contributed by atoms with Crippen LogP contribution in [0.5, 0.6) is 0 Å². The van der Waals surface area contributed by atoms with Gasteiger partial charge in [0.2, 0.25) is 0 Å². The molecule has 1 aromatic heterocycles. The minimum absolute atomic E-state index is 0.0622. The average Bonchev–Trinajstić information content (AvgIpc) is 2.82. The van der Waals surface area contributed by atoms with E-state index in [1.807, 2.05) is 37.3 Å². The lowest BCUT2D eigenvalue weighted by Gasteiger charge is -2.35. The van der Waals surface area contributed by atoms with E-state index in [4.69, 9.17) is 4.74 Å². The number of carbonyl (C=O) groups is 1. The van der Waals surface area contributed by atoms with Gasteiger partial charge in [0.15, 0.2) is 0 Å². The number of hydrogen-bond acceptors (Lipinski definition) is 3. The molecule has 0 saturated carbocycles. The van der Waals surface area contributed by atoms with E-state index in [2.05, 4.69) is 36.3 Å². The molecule has 0 N–H and O–H groups in total. The topological polar surface area (TPSA) is 47.4 Å². The first kappa shape index (κ1) is 17.7. The fourth-order valence-electron chi connectivity index (χ4n) is 3.53. The van der Waals surface area contributed by atoms with Gasteiger partial charge in [0.25, 0.3) is 5.91 Å². The van der Waals surface area contributed by atoms with Crippen LogP contribution in [0.3, 0.4) is 0 Å². The van der Waals surface area contributed by atoms with Crippen LogP contribution in [-0.4, -0.2) is 45.9 Å². The highest BCUT2D eigenvalue weighted by Gasteiger charge is 2.29. The average molecular weight is 341 g/mol. The van der Waals surface area contributed by atoms with Crippen LogP contribution in [-0.2, 0) is 11.3 Å². The smallest absolute Gasteiger partial charge is 0.257 e. The van der Waals surface area contributed by atoms with Crippen molar-refractivity contribution in [3.05, 3.63) is 52.3 Å². The summed E-state index contributed by atoms with van der Waals surface area (Å²) in [5.41, 5.74) is 4.87. The molecule has 1 saturated heterocycles. The van der Waals surface area contributed by atoms with Gasteiger partial charge in [0, 0.05) is 18.8 Å². The molecule has 1 amide bonds. The lowest BCUT2D eigenvalue weighted by molar-refractivity contribution is -0.0586. The van der Waals surface area contributed by atoms with E-state index in [1.54, 1.807) is 0 Å². The Balaban J connectivity index is 1.84. The summed E-state index contributed by atoms with van der Waals surface area (Å²) < 4.78 is 7.67. The summed E-state index contributed by atoms with van der Waals surface area (Å²) in [4.78, 5) is 15.0. The number of benzene rings is 1. The summed E-state index contributed by atoms with van der Waals surface area (Å²) in [6.07, 6.45) is 0.131. The molecular weight excluding hydrogens is 314 g/mol. The molecule has 134 valence electrons. The maximum absolute atomic E-state index is 13.1. The van der Waals surface area contributed by atoms with Crippen LogP contribution >= 0.6 is 0 Å². The van der Waals surface area contributed by atoms with Crippen molar-refractivity contribution in [1.82, 2.24) is 14.7 Å². The summed E-state index contributed by atoms with van der Waals surface area (Å²) >= 11 is 0. The van der Waals surface area contributed by atoms with Crippen LogP contribution in [0.25, 0.3) is 0 Å². The summed E-state index contributed by atoms with van der Waals surface area (Å²) in [5.74, 6) is 0.0622. The first-order valence-electron chi connectivity index (χ1n) is 8.89. The second-order valence-electron chi connectivity index (χ2n) is 7.16. The molecular formula is C20H27N3O2. The Hall–Kier alpha value is -2.14. The molecule has 0 spiro atoms. The van der Waals surface area contributed by atoms with E-state index in [9.17, 15) is 4.79 Å². The van der Waals surface area contributed by atoms with Crippen molar-refractivity contribution >= 4 is 5.91 Å². The van der Waals surface area contributed by atoms with Crippen LogP contribution in [0.15, 0.2) is 24.3 Å².